The Bertz CT molecular complexity index is 2220. The topological polar surface area (TPSA) is 0 Å². The van der Waals surface area contributed by atoms with Gasteiger partial charge in [0.15, 0.2) is 0 Å². The molecule has 212 valence electrons. The number of alkyl halides is 3. The minimum atomic E-state index is -4.42. The van der Waals surface area contributed by atoms with E-state index in [0.717, 1.165) is 60.1 Å². The van der Waals surface area contributed by atoms with Crippen molar-refractivity contribution in [3.63, 3.8) is 0 Å². The lowest BCUT2D eigenvalue weighted by Gasteiger charge is -2.44. The quantitative estimate of drug-likeness (QED) is 0.196. The SMILES string of the molecule is FC(F)(F)c1ccc(C2(c3ccc4ccccc4c3)C=Cc3cc4ccccc4cc3C2c2ccc3ccccc3c2)cc1. The molecule has 1 aliphatic rings. The lowest BCUT2D eigenvalue weighted by atomic mass is 9.58. The molecular weight excluding hydrogens is 549 g/mol. The molecule has 0 fully saturated rings. The Morgan fingerprint density at radius 3 is 1.64 bits per heavy atom. The fourth-order valence-corrected chi connectivity index (χ4v) is 7.14. The van der Waals surface area contributed by atoms with Crippen LogP contribution in [0.1, 0.15) is 39.3 Å². The van der Waals surface area contributed by atoms with Gasteiger partial charge in [0.25, 0.3) is 0 Å². The van der Waals surface area contributed by atoms with Crippen molar-refractivity contribution in [3.05, 3.63) is 185 Å². The molecule has 2 atom stereocenters. The number of hydrogen-bond donors (Lipinski definition) is 0. The zero-order valence-electron chi connectivity index (χ0n) is 23.7. The number of fused-ring (bicyclic) bond motifs is 4. The molecule has 0 saturated heterocycles. The summed E-state index contributed by atoms with van der Waals surface area (Å²) in [5.74, 6) is -0.213. The van der Waals surface area contributed by atoms with Crippen LogP contribution >= 0.6 is 0 Å². The molecule has 0 N–H and O–H groups in total. The summed E-state index contributed by atoms with van der Waals surface area (Å²) < 4.78 is 41.3. The molecular formula is C41H27F3. The number of hydrogen-bond acceptors (Lipinski definition) is 0. The molecule has 0 saturated carbocycles. The van der Waals surface area contributed by atoms with E-state index in [4.69, 9.17) is 0 Å². The molecule has 8 rings (SSSR count). The third-order valence-electron chi connectivity index (χ3n) is 9.27. The van der Waals surface area contributed by atoms with Gasteiger partial charge in [-0.3, -0.25) is 0 Å². The summed E-state index contributed by atoms with van der Waals surface area (Å²) in [6.45, 7) is 0. The summed E-state index contributed by atoms with van der Waals surface area (Å²) in [5.41, 5.74) is 3.78. The highest BCUT2D eigenvalue weighted by Gasteiger charge is 2.45. The van der Waals surface area contributed by atoms with Crippen LogP contribution in [0.2, 0.25) is 0 Å². The summed E-state index contributed by atoms with van der Waals surface area (Å²) in [4.78, 5) is 0. The van der Waals surface area contributed by atoms with Crippen molar-refractivity contribution < 1.29 is 13.2 Å². The highest BCUT2D eigenvalue weighted by molar-refractivity contribution is 5.90. The zero-order chi connectivity index (χ0) is 29.9. The van der Waals surface area contributed by atoms with Crippen LogP contribution in [0.3, 0.4) is 0 Å². The van der Waals surface area contributed by atoms with Crippen LogP contribution in [-0.2, 0) is 11.6 Å². The molecule has 0 radical (unpaired) electrons. The van der Waals surface area contributed by atoms with Gasteiger partial charge in [0.05, 0.1) is 5.56 Å². The summed E-state index contributed by atoms with van der Waals surface area (Å²) in [7, 11) is 0. The maximum Gasteiger partial charge on any atom is 0.416 e. The van der Waals surface area contributed by atoms with E-state index in [1.165, 1.54) is 12.1 Å². The van der Waals surface area contributed by atoms with Crippen molar-refractivity contribution in [2.75, 3.05) is 0 Å². The zero-order valence-corrected chi connectivity index (χ0v) is 23.7. The smallest absolute Gasteiger partial charge is 0.166 e. The number of allylic oxidation sites excluding steroid dienone is 1. The van der Waals surface area contributed by atoms with Crippen LogP contribution in [0.5, 0.6) is 0 Å². The number of benzene rings is 7. The predicted molar refractivity (Wildman–Crippen MR) is 175 cm³/mol. The van der Waals surface area contributed by atoms with Crippen LogP contribution in [0.4, 0.5) is 13.2 Å². The fourth-order valence-electron chi connectivity index (χ4n) is 7.14. The minimum absolute atomic E-state index is 0.213. The van der Waals surface area contributed by atoms with Crippen LogP contribution < -0.4 is 0 Å². The summed E-state index contributed by atoms with van der Waals surface area (Å²) in [6, 6.07) is 48.2. The van der Waals surface area contributed by atoms with Gasteiger partial charge in [-0.2, -0.15) is 13.2 Å². The van der Waals surface area contributed by atoms with E-state index in [0.29, 0.717) is 0 Å². The molecule has 0 nitrogen and oxygen atoms in total. The second-order valence-electron chi connectivity index (χ2n) is 11.7. The Morgan fingerprint density at radius 1 is 0.477 bits per heavy atom. The van der Waals surface area contributed by atoms with Crippen LogP contribution in [0.25, 0.3) is 38.4 Å². The Kier molecular flexibility index (Phi) is 5.99. The van der Waals surface area contributed by atoms with E-state index < -0.39 is 17.2 Å². The van der Waals surface area contributed by atoms with Crippen molar-refractivity contribution in [3.8, 4) is 0 Å². The lowest BCUT2D eigenvalue weighted by Crippen LogP contribution is -2.36. The minimum Gasteiger partial charge on any atom is -0.166 e. The van der Waals surface area contributed by atoms with E-state index in [1.807, 2.05) is 36.4 Å². The van der Waals surface area contributed by atoms with Crippen LogP contribution in [0.15, 0.2) is 152 Å². The van der Waals surface area contributed by atoms with Gasteiger partial charge < -0.3 is 0 Å². The van der Waals surface area contributed by atoms with Gasteiger partial charge in [-0.15, -0.1) is 0 Å². The van der Waals surface area contributed by atoms with Gasteiger partial charge >= 0.3 is 6.18 Å². The van der Waals surface area contributed by atoms with E-state index >= 15 is 0 Å². The van der Waals surface area contributed by atoms with Gasteiger partial charge in [-0.25, -0.2) is 0 Å². The Labute approximate surface area is 253 Å². The molecule has 0 aliphatic heterocycles. The molecule has 0 heterocycles. The number of halogens is 3. The van der Waals surface area contributed by atoms with E-state index in [-0.39, 0.29) is 5.92 Å². The summed E-state index contributed by atoms with van der Waals surface area (Å²) in [6.07, 6.45) is -0.0385. The second kappa shape index (κ2) is 9.96. The molecule has 7 aromatic rings. The molecule has 0 amide bonds. The van der Waals surface area contributed by atoms with Gasteiger partial charge in [-0.1, -0.05) is 127 Å². The standard InChI is InChI=1S/C41H27F3/c42-41(43,44)36-19-17-35(18-20-36)40(37-16-15-28-8-2-4-11-31(28)25-37)22-21-33-23-30-10-5-6-12-32(30)26-38(33)39(40)34-14-13-27-7-1-3-9-29(27)24-34/h1-26,39H. The van der Waals surface area contributed by atoms with E-state index in [1.54, 1.807) is 12.1 Å². The summed E-state index contributed by atoms with van der Waals surface area (Å²) in [5, 5.41) is 6.76. The average molecular weight is 577 g/mol. The van der Waals surface area contributed by atoms with Crippen molar-refractivity contribution in [1.29, 1.82) is 0 Å². The van der Waals surface area contributed by atoms with Crippen molar-refractivity contribution in [2.24, 2.45) is 0 Å². The highest BCUT2D eigenvalue weighted by Crippen LogP contribution is 2.54. The van der Waals surface area contributed by atoms with Crippen molar-refractivity contribution in [1.82, 2.24) is 0 Å². The number of rotatable bonds is 3. The first-order chi connectivity index (χ1) is 21.4. The fraction of sp³-hybridized carbons (Fsp3) is 0.0732. The third-order valence-corrected chi connectivity index (χ3v) is 9.27. The molecule has 0 aromatic heterocycles. The van der Waals surface area contributed by atoms with E-state index in [2.05, 4.69) is 97.1 Å². The largest absolute Gasteiger partial charge is 0.416 e. The Morgan fingerprint density at radius 2 is 1.00 bits per heavy atom. The molecule has 0 bridgehead atoms. The second-order valence-corrected chi connectivity index (χ2v) is 11.7. The summed E-state index contributed by atoms with van der Waals surface area (Å²) >= 11 is 0. The third kappa shape index (κ3) is 4.23. The van der Waals surface area contributed by atoms with Gasteiger partial charge in [0.1, 0.15) is 0 Å². The lowest BCUT2D eigenvalue weighted by molar-refractivity contribution is -0.137. The predicted octanol–water partition coefficient (Wildman–Crippen LogP) is 11.3. The first kappa shape index (κ1) is 26.5. The Hall–Kier alpha value is -5.15. The maximum atomic E-state index is 13.8. The van der Waals surface area contributed by atoms with Crippen LogP contribution in [0, 0.1) is 0 Å². The Balaban J connectivity index is 1.47. The molecule has 2 unspecified atom stereocenters. The monoisotopic (exact) mass is 576 g/mol. The van der Waals surface area contributed by atoms with Crippen molar-refractivity contribution >= 4 is 38.4 Å². The molecule has 1 aliphatic carbocycles. The van der Waals surface area contributed by atoms with Crippen LogP contribution in [-0.4, -0.2) is 0 Å². The van der Waals surface area contributed by atoms with E-state index in [9.17, 15) is 13.2 Å². The molecule has 44 heavy (non-hydrogen) atoms. The molecule has 0 spiro atoms. The average Bonchev–Trinajstić information content (AvgIpc) is 3.06. The molecule has 3 heteroatoms. The van der Waals surface area contributed by atoms with Gasteiger partial charge in [0.2, 0.25) is 0 Å². The van der Waals surface area contributed by atoms with Gasteiger partial charge in [0, 0.05) is 11.3 Å². The highest BCUT2D eigenvalue weighted by atomic mass is 19.4. The normalized spacial score (nSPS) is 18.1. The molecule has 7 aromatic carbocycles. The first-order valence-corrected chi connectivity index (χ1v) is 14.8. The maximum absolute atomic E-state index is 13.8. The first-order valence-electron chi connectivity index (χ1n) is 14.8. The van der Waals surface area contributed by atoms with Gasteiger partial charge in [-0.05, 0) is 90.5 Å². The van der Waals surface area contributed by atoms with Crippen molar-refractivity contribution in [2.45, 2.75) is 17.5 Å².